The van der Waals surface area contributed by atoms with E-state index < -0.39 is 10.0 Å². The minimum absolute atomic E-state index is 0.00517. The molecule has 0 aliphatic heterocycles. The van der Waals surface area contributed by atoms with Gasteiger partial charge >= 0.3 is 0 Å². The summed E-state index contributed by atoms with van der Waals surface area (Å²) in [5.74, 6) is -0.325. The molecule has 2 rings (SSSR count). The van der Waals surface area contributed by atoms with Crippen LogP contribution < -0.4 is 5.32 Å². The SMILES string of the molecule is CCN(CC)S(=O)(=O)c1cc(C(=O)NC2CCC(O)CC2)ccc1Cl. The van der Waals surface area contributed by atoms with E-state index in [-0.39, 0.29) is 33.5 Å². The van der Waals surface area contributed by atoms with Crippen molar-refractivity contribution in [3.63, 3.8) is 0 Å². The second-order valence-electron chi connectivity index (χ2n) is 6.21. The maximum atomic E-state index is 12.7. The predicted octanol–water partition coefficient (Wildman–Crippen LogP) is 2.40. The molecule has 0 heterocycles. The Morgan fingerprint density at radius 3 is 2.40 bits per heavy atom. The Bertz CT molecular complexity index is 711. The van der Waals surface area contributed by atoms with Gasteiger partial charge in [0.15, 0.2) is 0 Å². The molecule has 1 aliphatic rings. The molecule has 25 heavy (non-hydrogen) atoms. The number of aliphatic hydroxyl groups excluding tert-OH is 1. The van der Waals surface area contributed by atoms with Gasteiger partial charge in [0.05, 0.1) is 11.1 Å². The van der Waals surface area contributed by atoms with E-state index in [1.54, 1.807) is 13.8 Å². The van der Waals surface area contributed by atoms with Crippen LogP contribution >= 0.6 is 11.6 Å². The van der Waals surface area contributed by atoms with Gasteiger partial charge in [0.2, 0.25) is 10.0 Å². The van der Waals surface area contributed by atoms with E-state index >= 15 is 0 Å². The lowest BCUT2D eigenvalue weighted by molar-refractivity contribution is 0.0867. The third-order valence-electron chi connectivity index (χ3n) is 4.55. The van der Waals surface area contributed by atoms with E-state index in [1.165, 1.54) is 22.5 Å². The van der Waals surface area contributed by atoms with Crippen LogP contribution in [0.1, 0.15) is 49.9 Å². The summed E-state index contributed by atoms with van der Waals surface area (Å²) in [6.07, 6.45) is 2.45. The van der Waals surface area contributed by atoms with Gasteiger partial charge in [-0.2, -0.15) is 4.31 Å². The van der Waals surface area contributed by atoms with Crippen molar-refractivity contribution in [1.29, 1.82) is 0 Å². The van der Waals surface area contributed by atoms with Gasteiger partial charge in [0, 0.05) is 24.7 Å². The van der Waals surface area contributed by atoms with Gasteiger partial charge < -0.3 is 10.4 Å². The first kappa shape index (κ1) is 20.2. The van der Waals surface area contributed by atoms with Crippen molar-refractivity contribution in [3.05, 3.63) is 28.8 Å². The standard InChI is InChI=1S/C17H25ClN2O4S/c1-3-20(4-2)25(23,24)16-11-12(5-10-15(16)18)17(22)19-13-6-8-14(21)9-7-13/h5,10-11,13-14,21H,3-4,6-9H2,1-2H3,(H,19,22). The number of halogens is 1. The number of aliphatic hydroxyl groups is 1. The van der Waals surface area contributed by atoms with Crippen LogP contribution in [0.2, 0.25) is 5.02 Å². The molecule has 1 aromatic carbocycles. The molecule has 1 aromatic rings. The van der Waals surface area contributed by atoms with Crippen molar-refractivity contribution in [2.24, 2.45) is 0 Å². The lowest BCUT2D eigenvalue weighted by atomic mass is 9.93. The average Bonchev–Trinajstić information content (AvgIpc) is 2.58. The van der Waals surface area contributed by atoms with Crippen LogP contribution in [0.5, 0.6) is 0 Å². The molecule has 0 saturated heterocycles. The number of amides is 1. The molecule has 1 fully saturated rings. The van der Waals surface area contributed by atoms with Crippen LogP contribution in [-0.4, -0.2) is 49.0 Å². The highest BCUT2D eigenvalue weighted by Gasteiger charge is 2.26. The van der Waals surface area contributed by atoms with E-state index in [4.69, 9.17) is 11.6 Å². The number of carbonyl (C=O) groups excluding carboxylic acids is 1. The van der Waals surface area contributed by atoms with Crippen molar-refractivity contribution in [3.8, 4) is 0 Å². The van der Waals surface area contributed by atoms with E-state index in [2.05, 4.69) is 5.32 Å². The van der Waals surface area contributed by atoms with Gasteiger partial charge in [-0.1, -0.05) is 25.4 Å². The Kier molecular flexibility index (Phi) is 6.85. The summed E-state index contributed by atoms with van der Waals surface area (Å²) < 4.78 is 26.7. The molecule has 0 spiro atoms. The normalized spacial score (nSPS) is 21.3. The summed E-state index contributed by atoms with van der Waals surface area (Å²) in [7, 11) is -3.74. The van der Waals surface area contributed by atoms with Crippen LogP contribution in [0.25, 0.3) is 0 Å². The largest absolute Gasteiger partial charge is 0.393 e. The van der Waals surface area contributed by atoms with Gasteiger partial charge in [-0.05, 0) is 43.9 Å². The summed E-state index contributed by atoms with van der Waals surface area (Å²) in [4.78, 5) is 12.4. The monoisotopic (exact) mass is 388 g/mol. The molecule has 0 unspecified atom stereocenters. The van der Waals surface area contributed by atoms with Crippen molar-refractivity contribution < 1.29 is 18.3 Å². The second kappa shape index (κ2) is 8.49. The van der Waals surface area contributed by atoms with Gasteiger partial charge in [-0.3, -0.25) is 4.79 Å². The van der Waals surface area contributed by atoms with Gasteiger partial charge in [0.25, 0.3) is 5.91 Å². The highest BCUT2D eigenvalue weighted by molar-refractivity contribution is 7.89. The molecule has 0 aromatic heterocycles. The summed E-state index contributed by atoms with van der Waals surface area (Å²) in [6, 6.07) is 4.30. The van der Waals surface area contributed by atoms with E-state index in [9.17, 15) is 18.3 Å². The van der Waals surface area contributed by atoms with Crippen LogP contribution in [0, 0.1) is 0 Å². The smallest absolute Gasteiger partial charge is 0.251 e. The molecule has 140 valence electrons. The fourth-order valence-electron chi connectivity index (χ4n) is 3.03. The van der Waals surface area contributed by atoms with E-state index in [1.807, 2.05) is 0 Å². The summed E-state index contributed by atoms with van der Waals surface area (Å²) >= 11 is 6.09. The van der Waals surface area contributed by atoms with E-state index in [0.29, 0.717) is 38.8 Å². The summed E-state index contributed by atoms with van der Waals surface area (Å²) in [5.41, 5.74) is 0.265. The quantitative estimate of drug-likeness (QED) is 0.783. The Morgan fingerprint density at radius 2 is 1.84 bits per heavy atom. The van der Waals surface area contributed by atoms with Crippen LogP contribution in [0.4, 0.5) is 0 Å². The van der Waals surface area contributed by atoms with Crippen molar-refractivity contribution >= 4 is 27.5 Å². The average molecular weight is 389 g/mol. The molecule has 1 aliphatic carbocycles. The lowest BCUT2D eigenvalue weighted by Gasteiger charge is -2.26. The Hall–Kier alpha value is -1.15. The Balaban J connectivity index is 2.22. The molecule has 2 N–H and O–H groups in total. The predicted molar refractivity (Wildman–Crippen MR) is 97.3 cm³/mol. The lowest BCUT2D eigenvalue weighted by Crippen LogP contribution is -2.38. The zero-order valence-corrected chi connectivity index (χ0v) is 16.1. The molecule has 0 atom stereocenters. The highest BCUT2D eigenvalue weighted by atomic mass is 35.5. The number of hydrogen-bond donors (Lipinski definition) is 2. The zero-order chi connectivity index (χ0) is 18.6. The van der Waals surface area contributed by atoms with Gasteiger partial charge in [-0.25, -0.2) is 8.42 Å². The molecular weight excluding hydrogens is 364 g/mol. The van der Waals surface area contributed by atoms with E-state index in [0.717, 1.165) is 0 Å². The number of benzene rings is 1. The van der Waals surface area contributed by atoms with Crippen molar-refractivity contribution in [2.45, 2.75) is 56.6 Å². The maximum Gasteiger partial charge on any atom is 0.251 e. The third-order valence-corrected chi connectivity index (χ3v) is 7.08. The molecule has 1 saturated carbocycles. The van der Waals surface area contributed by atoms with Gasteiger partial charge in [0.1, 0.15) is 4.90 Å². The molecule has 0 bridgehead atoms. The molecule has 1 amide bonds. The Morgan fingerprint density at radius 1 is 1.24 bits per heavy atom. The number of sulfonamides is 1. The summed E-state index contributed by atoms with van der Waals surface area (Å²) in [5, 5.41) is 12.5. The van der Waals surface area contributed by atoms with Crippen LogP contribution in [0.3, 0.4) is 0 Å². The summed E-state index contributed by atoms with van der Waals surface area (Å²) in [6.45, 7) is 4.16. The topological polar surface area (TPSA) is 86.7 Å². The Labute approximate surface area is 154 Å². The fourth-order valence-corrected chi connectivity index (χ4v) is 4.99. The number of rotatable bonds is 6. The fraction of sp³-hybridized carbons (Fsp3) is 0.588. The number of nitrogens with zero attached hydrogens (tertiary/aromatic N) is 1. The first-order chi connectivity index (χ1) is 11.8. The number of hydrogen-bond acceptors (Lipinski definition) is 4. The minimum atomic E-state index is -3.74. The van der Waals surface area contributed by atoms with Crippen molar-refractivity contribution in [1.82, 2.24) is 9.62 Å². The zero-order valence-electron chi connectivity index (χ0n) is 14.5. The first-order valence-electron chi connectivity index (χ1n) is 8.58. The first-order valence-corrected chi connectivity index (χ1v) is 10.4. The minimum Gasteiger partial charge on any atom is -0.393 e. The molecular formula is C17H25ClN2O4S. The molecule has 6 nitrogen and oxygen atoms in total. The number of nitrogens with one attached hydrogen (secondary N) is 1. The molecule has 8 heteroatoms. The second-order valence-corrected chi connectivity index (χ2v) is 8.53. The maximum absolute atomic E-state index is 12.7. The highest BCUT2D eigenvalue weighted by Crippen LogP contribution is 2.26. The van der Waals surface area contributed by atoms with Crippen LogP contribution in [-0.2, 0) is 10.0 Å². The van der Waals surface area contributed by atoms with Crippen molar-refractivity contribution in [2.75, 3.05) is 13.1 Å². The van der Waals surface area contributed by atoms with Gasteiger partial charge in [-0.15, -0.1) is 0 Å². The number of carbonyl (C=O) groups is 1. The third kappa shape index (κ3) is 4.73. The molecule has 0 radical (unpaired) electrons. The van der Waals surface area contributed by atoms with Crippen LogP contribution in [0.15, 0.2) is 23.1 Å².